The Balaban J connectivity index is 1.62. The third kappa shape index (κ3) is 3.91. The molecule has 1 fully saturated rings. The molecule has 2 aromatic heterocycles. The minimum Gasteiger partial charge on any atom is -0.376 e. The molecule has 124 valence electrons. The van der Waals surface area contributed by atoms with Crippen molar-refractivity contribution in [1.82, 2.24) is 14.5 Å². The predicted molar refractivity (Wildman–Crippen MR) is 91.7 cm³/mol. The summed E-state index contributed by atoms with van der Waals surface area (Å²) < 4.78 is 8.09. The largest absolute Gasteiger partial charge is 0.376 e. The molecule has 0 amide bonds. The molecule has 3 rings (SSSR count). The first-order valence-corrected chi connectivity index (χ1v) is 8.36. The maximum Gasteiger partial charge on any atom is 0.128 e. The number of hydrogen-bond donors (Lipinski definition) is 1. The van der Waals surface area contributed by atoms with Crippen molar-refractivity contribution in [3.63, 3.8) is 0 Å². The Morgan fingerprint density at radius 3 is 3.00 bits per heavy atom. The Kier molecular flexibility index (Phi) is 4.66. The smallest absolute Gasteiger partial charge is 0.128 e. The summed E-state index contributed by atoms with van der Waals surface area (Å²) in [7, 11) is 0. The SMILES string of the molecule is Cc1cccnc1NCCn1ccnc1[C@@H]1CCOC(C)(C)C1. The Hall–Kier alpha value is -1.88. The number of aryl methyl sites for hydroxylation is 1. The van der Waals surface area contributed by atoms with Gasteiger partial charge in [0.1, 0.15) is 11.6 Å². The van der Waals surface area contributed by atoms with Crippen molar-refractivity contribution in [3.8, 4) is 0 Å². The number of aromatic nitrogens is 3. The molecule has 2 aromatic rings. The average molecular weight is 314 g/mol. The maximum absolute atomic E-state index is 5.83. The second kappa shape index (κ2) is 6.71. The molecule has 0 saturated carbocycles. The van der Waals surface area contributed by atoms with Gasteiger partial charge < -0.3 is 14.6 Å². The number of anilines is 1. The highest BCUT2D eigenvalue weighted by Crippen LogP contribution is 2.34. The van der Waals surface area contributed by atoms with Gasteiger partial charge in [0, 0.05) is 44.2 Å². The number of rotatable bonds is 5. The van der Waals surface area contributed by atoms with E-state index in [-0.39, 0.29) is 5.60 Å². The fourth-order valence-corrected chi connectivity index (χ4v) is 3.29. The number of nitrogens with one attached hydrogen (secondary N) is 1. The van der Waals surface area contributed by atoms with Gasteiger partial charge in [-0.2, -0.15) is 0 Å². The van der Waals surface area contributed by atoms with E-state index in [2.05, 4.69) is 52.9 Å². The Morgan fingerprint density at radius 1 is 1.35 bits per heavy atom. The van der Waals surface area contributed by atoms with Crippen LogP contribution in [0.2, 0.25) is 0 Å². The second-order valence-electron chi connectivity index (χ2n) is 6.87. The molecule has 1 atom stereocenters. The monoisotopic (exact) mass is 314 g/mol. The van der Waals surface area contributed by atoms with E-state index >= 15 is 0 Å². The van der Waals surface area contributed by atoms with Crippen molar-refractivity contribution in [2.75, 3.05) is 18.5 Å². The van der Waals surface area contributed by atoms with Gasteiger partial charge in [-0.15, -0.1) is 0 Å². The van der Waals surface area contributed by atoms with Crippen LogP contribution in [-0.2, 0) is 11.3 Å². The molecule has 5 nitrogen and oxygen atoms in total. The van der Waals surface area contributed by atoms with E-state index in [4.69, 9.17) is 4.74 Å². The van der Waals surface area contributed by atoms with Crippen LogP contribution in [0.5, 0.6) is 0 Å². The lowest BCUT2D eigenvalue weighted by Gasteiger charge is -2.35. The van der Waals surface area contributed by atoms with E-state index in [1.807, 2.05) is 18.5 Å². The van der Waals surface area contributed by atoms with Crippen LogP contribution in [0.4, 0.5) is 5.82 Å². The first-order valence-electron chi connectivity index (χ1n) is 8.36. The number of hydrogen-bond acceptors (Lipinski definition) is 4. The summed E-state index contributed by atoms with van der Waals surface area (Å²) >= 11 is 0. The zero-order chi connectivity index (χ0) is 16.3. The zero-order valence-corrected chi connectivity index (χ0v) is 14.2. The van der Waals surface area contributed by atoms with Crippen LogP contribution in [0.1, 0.15) is 44.0 Å². The van der Waals surface area contributed by atoms with Crippen molar-refractivity contribution in [2.24, 2.45) is 0 Å². The normalized spacial score (nSPS) is 20.4. The number of ether oxygens (including phenoxy) is 1. The molecule has 1 aliphatic heterocycles. The van der Waals surface area contributed by atoms with Gasteiger partial charge in [-0.1, -0.05) is 6.07 Å². The number of imidazole rings is 1. The first kappa shape index (κ1) is 16.0. The minimum atomic E-state index is -0.0526. The van der Waals surface area contributed by atoms with E-state index in [1.54, 1.807) is 0 Å². The fourth-order valence-electron chi connectivity index (χ4n) is 3.29. The highest BCUT2D eigenvalue weighted by Gasteiger charge is 2.31. The third-order valence-corrected chi connectivity index (χ3v) is 4.46. The van der Waals surface area contributed by atoms with Crippen molar-refractivity contribution in [1.29, 1.82) is 0 Å². The van der Waals surface area contributed by atoms with Crippen molar-refractivity contribution < 1.29 is 4.74 Å². The molecule has 1 N–H and O–H groups in total. The summed E-state index contributed by atoms with van der Waals surface area (Å²) in [4.78, 5) is 8.99. The standard InChI is InChI=1S/C18H26N4O/c1-14-5-4-7-19-16(14)20-8-10-22-11-9-21-17(22)15-6-12-23-18(2,3)13-15/h4-5,7,9,11,15H,6,8,10,12-13H2,1-3H3,(H,19,20)/t15-/m1/s1. The van der Waals surface area contributed by atoms with Gasteiger partial charge in [0.05, 0.1) is 5.60 Å². The van der Waals surface area contributed by atoms with Crippen LogP contribution in [0, 0.1) is 6.92 Å². The van der Waals surface area contributed by atoms with Crippen LogP contribution >= 0.6 is 0 Å². The molecule has 1 saturated heterocycles. The summed E-state index contributed by atoms with van der Waals surface area (Å²) in [6.07, 6.45) is 7.88. The van der Waals surface area contributed by atoms with Gasteiger partial charge in [-0.05, 0) is 45.2 Å². The van der Waals surface area contributed by atoms with E-state index in [0.29, 0.717) is 5.92 Å². The molecule has 3 heterocycles. The highest BCUT2D eigenvalue weighted by atomic mass is 16.5. The van der Waals surface area contributed by atoms with E-state index < -0.39 is 0 Å². The Labute approximate surface area is 138 Å². The highest BCUT2D eigenvalue weighted by molar-refractivity contribution is 5.42. The second-order valence-corrected chi connectivity index (χ2v) is 6.87. The van der Waals surface area contributed by atoms with Gasteiger partial charge >= 0.3 is 0 Å². The summed E-state index contributed by atoms with van der Waals surface area (Å²) in [5.41, 5.74) is 1.12. The molecule has 1 aliphatic rings. The summed E-state index contributed by atoms with van der Waals surface area (Å²) in [5, 5.41) is 3.41. The Bertz CT molecular complexity index is 650. The van der Waals surface area contributed by atoms with Gasteiger partial charge in [0.15, 0.2) is 0 Å². The van der Waals surface area contributed by atoms with E-state index in [9.17, 15) is 0 Å². The molecule has 0 bridgehead atoms. The molecule has 0 spiro atoms. The van der Waals surface area contributed by atoms with Gasteiger partial charge in [-0.25, -0.2) is 9.97 Å². The van der Waals surface area contributed by atoms with Gasteiger partial charge in [0.25, 0.3) is 0 Å². The summed E-state index contributed by atoms with van der Waals surface area (Å²) in [5.74, 6) is 2.62. The zero-order valence-electron chi connectivity index (χ0n) is 14.2. The topological polar surface area (TPSA) is 52.0 Å². The molecule has 0 radical (unpaired) electrons. The number of pyridine rings is 1. The van der Waals surface area contributed by atoms with Crippen molar-refractivity contribution >= 4 is 5.82 Å². The lowest BCUT2D eigenvalue weighted by Crippen LogP contribution is -2.34. The molecule has 23 heavy (non-hydrogen) atoms. The first-order chi connectivity index (χ1) is 11.1. The Morgan fingerprint density at radius 2 is 2.22 bits per heavy atom. The maximum atomic E-state index is 5.83. The van der Waals surface area contributed by atoms with E-state index in [1.165, 1.54) is 11.4 Å². The summed E-state index contributed by atoms with van der Waals surface area (Å²) in [6.45, 7) is 8.95. The van der Waals surface area contributed by atoms with Crippen molar-refractivity contribution in [2.45, 2.75) is 51.7 Å². The molecule has 5 heteroatoms. The van der Waals surface area contributed by atoms with Crippen LogP contribution in [0.25, 0.3) is 0 Å². The lowest BCUT2D eigenvalue weighted by molar-refractivity contribution is -0.0606. The minimum absolute atomic E-state index is 0.0526. The molecule has 0 unspecified atom stereocenters. The fraction of sp³-hybridized carbons (Fsp3) is 0.556. The number of nitrogens with zero attached hydrogens (tertiary/aromatic N) is 3. The molecule has 0 aromatic carbocycles. The predicted octanol–water partition coefficient (Wildman–Crippen LogP) is 3.37. The molecular formula is C18H26N4O. The molecular weight excluding hydrogens is 288 g/mol. The van der Waals surface area contributed by atoms with Crippen molar-refractivity contribution in [3.05, 3.63) is 42.1 Å². The van der Waals surface area contributed by atoms with E-state index in [0.717, 1.165) is 38.4 Å². The van der Waals surface area contributed by atoms with Crippen LogP contribution in [0.15, 0.2) is 30.7 Å². The quantitative estimate of drug-likeness (QED) is 0.919. The average Bonchev–Trinajstić information content (AvgIpc) is 2.97. The van der Waals surface area contributed by atoms with Crippen LogP contribution in [-0.4, -0.2) is 33.3 Å². The lowest BCUT2D eigenvalue weighted by atomic mass is 9.88. The van der Waals surface area contributed by atoms with Gasteiger partial charge in [0.2, 0.25) is 0 Å². The van der Waals surface area contributed by atoms with Gasteiger partial charge in [-0.3, -0.25) is 0 Å². The molecule has 0 aliphatic carbocycles. The summed E-state index contributed by atoms with van der Waals surface area (Å²) in [6, 6.07) is 4.03. The van der Waals surface area contributed by atoms with Crippen LogP contribution in [0.3, 0.4) is 0 Å². The third-order valence-electron chi connectivity index (χ3n) is 4.46. The van der Waals surface area contributed by atoms with Crippen LogP contribution < -0.4 is 5.32 Å².